The molecule has 2 aromatic carbocycles. The van der Waals surface area contributed by atoms with Gasteiger partial charge in [-0.25, -0.2) is 4.79 Å². The van der Waals surface area contributed by atoms with Gasteiger partial charge < -0.3 is 15.7 Å². The lowest BCUT2D eigenvalue weighted by Gasteiger charge is -2.08. The maximum absolute atomic E-state index is 11.8. The van der Waals surface area contributed by atoms with E-state index in [9.17, 15) is 9.59 Å². The number of nitrogens with one attached hydrogen (secondary N) is 2. The molecule has 0 fully saturated rings. The van der Waals surface area contributed by atoms with Crippen molar-refractivity contribution >= 4 is 23.3 Å². The van der Waals surface area contributed by atoms with Crippen LogP contribution >= 0.6 is 0 Å². The molecular formula is C16H16N2O3. The van der Waals surface area contributed by atoms with E-state index in [-0.39, 0.29) is 18.0 Å². The summed E-state index contributed by atoms with van der Waals surface area (Å²) in [4.78, 5) is 22.5. The first-order valence-corrected chi connectivity index (χ1v) is 6.48. The molecule has 0 spiro atoms. The minimum atomic E-state index is -0.992. The summed E-state index contributed by atoms with van der Waals surface area (Å²) in [6, 6.07) is 13.8. The van der Waals surface area contributed by atoms with Gasteiger partial charge in [-0.05, 0) is 48.9 Å². The highest BCUT2D eigenvalue weighted by Gasteiger charge is 2.05. The summed E-state index contributed by atoms with van der Waals surface area (Å²) in [6.07, 6.45) is 0. The molecule has 0 aromatic heterocycles. The molecule has 0 atom stereocenters. The number of anilines is 2. The third kappa shape index (κ3) is 4.35. The lowest BCUT2D eigenvalue weighted by atomic mass is 10.2. The molecule has 0 aliphatic rings. The molecule has 0 unspecified atom stereocenters. The quantitative estimate of drug-likeness (QED) is 0.789. The average Bonchev–Trinajstić information content (AvgIpc) is 2.46. The lowest BCUT2D eigenvalue weighted by Crippen LogP contribution is -2.21. The summed E-state index contributed by atoms with van der Waals surface area (Å²) in [7, 11) is 0. The summed E-state index contributed by atoms with van der Waals surface area (Å²) in [5.74, 6) is -1.19. The van der Waals surface area contributed by atoms with E-state index in [1.54, 1.807) is 12.1 Å². The van der Waals surface area contributed by atoms with Crippen LogP contribution in [-0.4, -0.2) is 23.5 Å². The number of carboxylic acid groups (broad SMARTS) is 1. The third-order valence-electron chi connectivity index (χ3n) is 2.89. The number of carbonyl (C=O) groups excluding carboxylic acids is 1. The molecular weight excluding hydrogens is 268 g/mol. The highest BCUT2D eigenvalue weighted by atomic mass is 16.4. The van der Waals surface area contributed by atoms with Gasteiger partial charge in [-0.15, -0.1) is 0 Å². The van der Waals surface area contributed by atoms with Crippen LogP contribution in [-0.2, 0) is 4.79 Å². The molecule has 108 valence electrons. The molecule has 2 rings (SSSR count). The van der Waals surface area contributed by atoms with Crippen LogP contribution in [0.4, 0.5) is 11.4 Å². The van der Waals surface area contributed by atoms with Crippen molar-refractivity contribution in [1.82, 2.24) is 0 Å². The van der Waals surface area contributed by atoms with Crippen LogP contribution in [0.25, 0.3) is 0 Å². The molecule has 0 saturated heterocycles. The highest BCUT2D eigenvalue weighted by molar-refractivity contribution is 5.94. The zero-order chi connectivity index (χ0) is 15.2. The van der Waals surface area contributed by atoms with E-state index >= 15 is 0 Å². The molecule has 21 heavy (non-hydrogen) atoms. The number of carboxylic acids is 1. The summed E-state index contributed by atoms with van der Waals surface area (Å²) in [5, 5.41) is 14.5. The number of aryl methyl sites for hydroxylation is 1. The third-order valence-corrected chi connectivity index (χ3v) is 2.89. The predicted molar refractivity (Wildman–Crippen MR) is 81.7 cm³/mol. The molecule has 1 amide bonds. The fourth-order valence-electron chi connectivity index (χ4n) is 1.84. The number of hydrogen-bond acceptors (Lipinski definition) is 3. The van der Waals surface area contributed by atoms with Gasteiger partial charge in [0.2, 0.25) is 5.91 Å². The van der Waals surface area contributed by atoms with Crippen molar-refractivity contribution in [2.45, 2.75) is 6.92 Å². The second-order valence-electron chi connectivity index (χ2n) is 4.65. The van der Waals surface area contributed by atoms with Gasteiger partial charge in [0.05, 0.1) is 12.1 Å². The lowest BCUT2D eigenvalue weighted by molar-refractivity contribution is -0.114. The molecule has 0 bridgehead atoms. The van der Waals surface area contributed by atoms with Crippen LogP contribution in [0.15, 0.2) is 48.5 Å². The van der Waals surface area contributed by atoms with Gasteiger partial charge >= 0.3 is 5.97 Å². The number of hydrogen-bond donors (Lipinski definition) is 3. The van der Waals surface area contributed by atoms with E-state index in [0.717, 1.165) is 11.3 Å². The van der Waals surface area contributed by atoms with Gasteiger partial charge in [-0.1, -0.05) is 12.1 Å². The first kappa shape index (κ1) is 14.6. The van der Waals surface area contributed by atoms with Crippen molar-refractivity contribution in [2.24, 2.45) is 0 Å². The van der Waals surface area contributed by atoms with Crippen LogP contribution in [0.2, 0.25) is 0 Å². The first-order valence-electron chi connectivity index (χ1n) is 6.48. The summed E-state index contributed by atoms with van der Waals surface area (Å²) < 4.78 is 0. The molecule has 2 aromatic rings. The fourth-order valence-corrected chi connectivity index (χ4v) is 1.84. The Hall–Kier alpha value is -2.82. The van der Waals surface area contributed by atoms with E-state index in [1.807, 2.05) is 31.2 Å². The van der Waals surface area contributed by atoms with Crippen LogP contribution < -0.4 is 10.6 Å². The molecule has 0 aliphatic heterocycles. The number of aromatic carboxylic acids is 1. The SMILES string of the molecule is Cc1cccc(NCC(=O)Nc2ccc(C(=O)O)cc2)c1. The van der Waals surface area contributed by atoms with Gasteiger partial charge in [0.25, 0.3) is 0 Å². The Morgan fingerprint density at radius 3 is 2.38 bits per heavy atom. The molecule has 0 radical (unpaired) electrons. The molecule has 5 heteroatoms. The Morgan fingerprint density at radius 1 is 1.05 bits per heavy atom. The minimum absolute atomic E-state index is 0.143. The second-order valence-corrected chi connectivity index (χ2v) is 4.65. The zero-order valence-electron chi connectivity index (χ0n) is 11.6. The van der Waals surface area contributed by atoms with Crippen molar-refractivity contribution in [2.75, 3.05) is 17.2 Å². The summed E-state index contributed by atoms with van der Waals surface area (Å²) in [6.45, 7) is 2.12. The Bertz CT molecular complexity index is 651. The number of benzene rings is 2. The van der Waals surface area contributed by atoms with Crippen molar-refractivity contribution in [3.8, 4) is 0 Å². The van der Waals surface area contributed by atoms with Gasteiger partial charge in [-0.2, -0.15) is 0 Å². The first-order chi connectivity index (χ1) is 10.0. The summed E-state index contributed by atoms with van der Waals surface area (Å²) in [5.41, 5.74) is 2.75. The van der Waals surface area contributed by atoms with Gasteiger partial charge in [0.1, 0.15) is 0 Å². The molecule has 5 nitrogen and oxygen atoms in total. The van der Waals surface area contributed by atoms with Crippen molar-refractivity contribution in [3.63, 3.8) is 0 Å². The van der Waals surface area contributed by atoms with Crippen LogP contribution in [0.1, 0.15) is 15.9 Å². The van der Waals surface area contributed by atoms with Crippen molar-refractivity contribution in [1.29, 1.82) is 0 Å². The smallest absolute Gasteiger partial charge is 0.335 e. The van der Waals surface area contributed by atoms with E-state index in [2.05, 4.69) is 10.6 Å². The van der Waals surface area contributed by atoms with Gasteiger partial charge in [0.15, 0.2) is 0 Å². The highest BCUT2D eigenvalue weighted by Crippen LogP contribution is 2.11. The van der Waals surface area contributed by atoms with Crippen LogP contribution in [0.3, 0.4) is 0 Å². The molecule has 0 heterocycles. The number of amides is 1. The van der Waals surface area contributed by atoms with Gasteiger partial charge in [-0.3, -0.25) is 4.79 Å². The maximum atomic E-state index is 11.8. The van der Waals surface area contributed by atoms with Crippen LogP contribution in [0, 0.1) is 6.92 Å². The second kappa shape index (κ2) is 6.56. The average molecular weight is 284 g/mol. The Labute approximate surface area is 122 Å². The van der Waals surface area contributed by atoms with E-state index < -0.39 is 5.97 Å². The number of carbonyl (C=O) groups is 2. The van der Waals surface area contributed by atoms with Crippen LogP contribution in [0.5, 0.6) is 0 Å². The van der Waals surface area contributed by atoms with E-state index in [1.165, 1.54) is 12.1 Å². The van der Waals surface area contributed by atoms with Gasteiger partial charge in [0, 0.05) is 11.4 Å². The maximum Gasteiger partial charge on any atom is 0.335 e. The van der Waals surface area contributed by atoms with E-state index in [0.29, 0.717) is 5.69 Å². The standard InChI is InChI=1S/C16H16N2O3/c1-11-3-2-4-14(9-11)17-10-15(19)18-13-7-5-12(6-8-13)16(20)21/h2-9,17H,10H2,1H3,(H,18,19)(H,20,21). The van der Waals surface area contributed by atoms with Crippen molar-refractivity contribution in [3.05, 3.63) is 59.7 Å². The minimum Gasteiger partial charge on any atom is -0.478 e. The number of rotatable bonds is 5. The Balaban J connectivity index is 1.88. The zero-order valence-corrected chi connectivity index (χ0v) is 11.6. The summed E-state index contributed by atoms with van der Waals surface area (Å²) >= 11 is 0. The molecule has 3 N–H and O–H groups in total. The Morgan fingerprint density at radius 2 is 1.76 bits per heavy atom. The topological polar surface area (TPSA) is 78.4 Å². The largest absolute Gasteiger partial charge is 0.478 e. The normalized spacial score (nSPS) is 9.95. The molecule has 0 aliphatic carbocycles. The monoisotopic (exact) mass is 284 g/mol. The van der Waals surface area contributed by atoms with E-state index in [4.69, 9.17) is 5.11 Å². The Kier molecular flexibility index (Phi) is 4.56. The van der Waals surface area contributed by atoms with Crippen molar-refractivity contribution < 1.29 is 14.7 Å². The molecule has 0 saturated carbocycles. The predicted octanol–water partition coefficient (Wildman–Crippen LogP) is 2.74. The fraction of sp³-hybridized carbons (Fsp3) is 0.125.